The highest BCUT2D eigenvalue weighted by molar-refractivity contribution is 7.89. The highest BCUT2D eigenvalue weighted by atomic mass is 32.2. The van der Waals surface area contributed by atoms with Crippen molar-refractivity contribution in [3.8, 4) is 0 Å². The number of amides is 1. The van der Waals surface area contributed by atoms with Crippen LogP contribution in [0.25, 0.3) is 0 Å². The third kappa shape index (κ3) is 4.13. The van der Waals surface area contributed by atoms with E-state index >= 15 is 0 Å². The molecule has 1 saturated heterocycles. The summed E-state index contributed by atoms with van der Waals surface area (Å²) < 4.78 is 27.3. The summed E-state index contributed by atoms with van der Waals surface area (Å²) >= 11 is 1.39. The molecule has 0 saturated carbocycles. The zero-order chi connectivity index (χ0) is 18.9. The maximum absolute atomic E-state index is 12.9. The lowest BCUT2D eigenvalue weighted by Gasteiger charge is -2.34. The second kappa shape index (κ2) is 7.46. The molecule has 2 heterocycles. The topological polar surface area (TPSA) is 79.4 Å². The highest BCUT2D eigenvalue weighted by Gasteiger charge is 2.31. The molecule has 8 heteroatoms. The molecule has 26 heavy (non-hydrogen) atoms. The number of rotatable bonds is 4. The van der Waals surface area contributed by atoms with E-state index in [4.69, 9.17) is 0 Å². The summed E-state index contributed by atoms with van der Waals surface area (Å²) in [6.07, 6.45) is 2.73. The molecule has 0 radical (unpaired) electrons. The van der Waals surface area contributed by atoms with Gasteiger partial charge in [-0.15, -0.1) is 11.3 Å². The van der Waals surface area contributed by atoms with Crippen molar-refractivity contribution >= 4 is 32.4 Å². The molecule has 1 N–H and O–H groups in total. The fourth-order valence-electron chi connectivity index (χ4n) is 3.31. The molecule has 1 aromatic carbocycles. The van der Waals surface area contributed by atoms with Crippen LogP contribution in [0.2, 0.25) is 0 Å². The first kappa shape index (κ1) is 19.0. The molecule has 140 valence electrons. The lowest BCUT2D eigenvalue weighted by Crippen LogP contribution is -2.42. The summed E-state index contributed by atoms with van der Waals surface area (Å²) in [5.41, 5.74) is 0.400. The summed E-state index contributed by atoms with van der Waals surface area (Å²) in [7, 11) is -3.53. The van der Waals surface area contributed by atoms with E-state index in [1.807, 2.05) is 6.92 Å². The Balaban J connectivity index is 1.75. The van der Waals surface area contributed by atoms with Crippen LogP contribution in [0.4, 0.5) is 5.13 Å². The van der Waals surface area contributed by atoms with Crippen LogP contribution >= 0.6 is 11.3 Å². The number of aromatic nitrogens is 1. The average Bonchev–Trinajstić information content (AvgIpc) is 2.99. The molecule has 1 aromatic heterocycles. The van der Waals surface area contributed by atoms with Crippen molar-refractivity contribution in [2.75, 3.05) is 18.4 Å². The van der Waals surface area contributed by atoms with Crippen molar-refractivity contribution in [2.24, 2.45) is 11.8 Å². The van der Waals surface area contributed by atoms with E-state index in [2.05, 4.69) is 24.1 Å². The number of anilines is 1. The van der Waals surface area contributed by atoms with Gasteiger partial charge in [0.15, 0.2) is 5.13 Å². The van der Waals surface area contributed by atoms with Gasteiger partial charge in [0.2, 0.25) is 10.0 Å². The van der Waals surface area contributed by atoms with Crippen LogP contribution in [0, 0.1) is 18.8 Å². The SMILES string of the molecule is Cc1cnc(NC(=O)c2ccc(S(=O)(=O)N3C[C@H](C)C[C@H](C)C3)cc2)s1. The first-order valence-corrected chi connectivity index (χ1v) is 10.9. The summed E-state index contributed by atoms with van der Waals surface area (Å²) in [5, 5.41) is 3.25. The minimum Gasteiger partial charge on any atom is -0.298 e. The van der Waals surface area contributed by atoms with Gasteiger partial charge in [-0.05, 0) is 49.4 Å². The van der Waals surface area contributed by atoms with Gasteiger partial charge in [0.1, 0.15) is 0 Å². The molecule has 0 spiro atoms. The first-order chi connectivity index (χ1) is 12.3. The number of sulfonamides is 1. The summed E-state index contributed by atoms with van der Waals surface area (Å²) in [6.45, 7) is 7.14. The van der Waals surface area contributed by atoms with Crippen LogP contribution in [0.1, 0.15) is 35.5 Å². The fraction of sp³-hybridized carbons (Fsp3) is 0.444. The van der Waals surface area contributed by atoms with Gasteiger partial charge < -0.3 is 0 Å². The molecule has 1 aliphatic heterocycles. The molecule has 6 nitrogen and oxygen atoms in total. The molecule has 0 unspecified atom stereocenters. The smallest absolute Gasteiger partial charge is 0.257 e. The Morgan fingerprint density at radius 2 is 1.81 bits per heavy atom. The molecule has 2 aromatic rings. The Morgan fingerprint density at radius 3 is 2.35 bits per heavy atom. The number of nitrogens with one attached hydrogen (secondary N) is 1. The number of hydrogen-bond donors (Lipinski definition) is 1. The van der Waals surface area contributed by atoms with Crippen LogP contribution in [-0.4, -0.2) is 36.7 Å². The Morgan fingerprint density at radius 1 is 1.19 bits per heavy atom. The Kier molecular flexibility index (Phi) is 5.45. The van der Waals surface area contributed by atoms with Crippen LogP contribution in [0.5, 0.6) is 0 Å². The zero-order valence-corrected chi connectivity index (χ0v) is 16.7. The number of nitrogens with zero attached hydrogens (tertiary/aromatic N) is 2. The van der Waals surface area contributed by atoms with E-state index in [-0.39, 0.29) is 10.8 Å². The minimum atomic E-state index is -3.53. The van der Waals surface area contributed by atoms with Crippen molar-refractivity contribution in [3.05, 3.63) is 40.9 Å². The molecule has 3 rings (SSSR count). The maximum Gasteiger partial charge on any atom is 0.257 e. The van der Waals surface area contributed by atoms with E-state index in [9.17, 15) is 13.2 Å². The molecule has 1 amide bonds. The molecule has 1 aliphatic rings. The maximum atomic E-state index is 12.9. The van der Waals surface area contributed by atoms with E-state index in [1.54, 1.807) is 22.6 Å². The van der Waals surface area contributed by atoms with E-state index in [1.165, 1.54) is 23.5 Å². The van der Waals surface area contributed by atoms with Gasteiger partial charge in [-0.25, -0.2) is 13.4 Å². The normalized spacial score (nSPS) is 21.5. The monoisotopic (exact) mass is 393 g/mol. The van der Waals surface area contributed by atoms with E-state index in [0.29, 0.717) is 35.6 Å². The minimum absolute atomic E-state index is 0.223. The summed E-state index contributed by atoms with van der Waals surface area (Å²) in [5.74, 6) is 0.393. The van der Waals surface area contributed by atoms with Crippen molar-refractivity contribution < 1.29 is 13.2 Å². The Hall–Kier alpha value is -1.77. The number of thiazole rings is 1. The quantitative estimate of drug-likeness (QED) is 0.864. The van der Waals surface area contributed by atoms with Crippen LogP contribution in [0.15, 0.2) is 35.4 Å². The largest absolute Gasteiger partial charge is 0.298 e. The number of carbonyl (C=O) groups excluding carboxylic acids is 1. The molecular formula is C18H23N3O3S2. The van der Waals surface area contributed by atoms with Crippen LogP contribution < -0.4 is 5.32 Å². The lowest BCUT2D eigenvalue weighted by atomic mass is 9.94. The van der Waals surface area contributed by atoms with Crippen molar-refractivity contribution in [1.82, 2.24) is 9.29 Å². The number of hydrogen-bond acceptors (Lipinski definition) is 5. The third-order valence-corrected chi connectivity index (χ3v) is 7.11. The molecule has 0 bridgehead atoms. The summed E-state index contributed by atoms with van der Waals surface area (Å²) in [6, 6.07) is 6.08. The predicted molar refractivity (Wildman–Crippen MR) is 103 cm³/mol. The van der Waals surface area contributed by atoms with Gasteiger partial charge in [0, 0.05) is 29.7 Å². The standard InChI is InChI=1S/C18H23N3O3S2/c1-12-8-13(2)11-21(10-12)26(23,24)16-6-4-15(5-7-16)17(22)20-18-19-9-14(3)25-18/h4-7,9,12-13H,8,10-11H2,1-3H3,(H,19,20,22)/t12-,13+. The number of benzene rings is 1. The predicted octanol–water partition coefficient (Wildman–Crippen LogP) is 3.37. The molecule has 2 atom stereocenters. The second-order valence-electron chi connectivity index (χ2n) is 7.02. The molecular weight excluding hydrogens is 370 g/mol. The number of carbonyl (C=O) groups is 1. The Labute approximate surface area is 158 Å². The van der Waals surface area contributed by atoms with Gasteiger partial charge in [-0.1, -0.05) is 13.8 Å². The van der Waals surface area contributed by atoms with E-state index in [0.717, 1.165) is 11.3 Å². The third-order valence-electron chi connectivity index (χ3n) is 4.43. The van der Waals surface area contributed by atoms with Gasteiger partial charge >= 0.3 is 0 Å². The summed E-state index contributed by atoms with van der Waals surface area (Å²) in [4.78, 5) is 17.6. The van der Waals surface area contributed by atoms with Gasteiger partial charge in [0.05, 0.1) is 4.90 Å². The van der Waals surface area contributed by atoms with Gasteiger partial charge in [-0.3, -0.25) is 10.1 Å². The average molecular weight is 394 g/mol. The van der Waals surface area contributed by atoms with Gasteiger partial charge in [0.25, 0.3) is 5.91 Å². The van der Waals surface area contributed by atoms with Crippen LogP contribution in [0.3, 0.4) is 0 Å². The molecule has 1 fully saturated rings. The fourth-order valence-corrected chi connectivity index (χ4v) is 5.65. The lowest BCUT2D eigenvalue weighted by molar-refractivity contribution is 0.102. The zero-order valence-electron chi connectivity index (χ0n) is 15.1. The van der Waals surface area contributed by atoms with Crippen molar-refractivity contribution in [2.45, 2.75) is 32.1 Å². The Bertz CT molecular complexity index is 881. The molecule has 0 aliphatic carbocycles. The number of aryl methyl sites for hydroxylation is 1. The van der Waals surface area contributed by atoms with Crippen molar-refractivity contribution in [3.63, 3.8) is 0 Å². The highest BCUT2D eigenvalue weighted by Crippen LogP contribution is 2.27. The van der Waals surface area contributed by atoms with Crippen LogP contribution in [-0.2, 0) is 10.0 Å². The van der Waals surface area contributed by atoms with Crippen molar-refractivity contribution in [1.29, 1.82) is 0 Å². The number of piperidine rings is 1. The second-order valence-corrected chi connectivity index (χ2v) is 10.2. The van der Waals surface area contributed by atoms with Gasteiger partial charge in [-0.2, -0.15) is 4.31 Å². The van der Waals surface area contributed by atoms with E-state index < -0.39 is 10.0 Å². The first-order valence-electron chi connectivity index (χ1n) is 8.59.